The summed E-state index contributed by atoms with van der Waals surface area (Å²) in [6.45, 7) is 7.86. The van der Waals surface area contributed by atoms with Gasteiger partial charge in [-0.2, -0.15) is 0 Å². The Bertz CT molecular complexity index is 514. The summed E-state index contributed by atoms with van der Waals surface area (Å²) in [7, 11) is 0. The minimum atomic E-state index is -0.871. The summed E-state index contributed by atoms with van der Waals surface area (Å²) in [4.78, 5) is 18.1. The number of nitrogens with zero attached hydrogens (tertiary/aromatic N) is 2. The van der Waals surface area contributed by atoms with Crippen molar-refractivity contribution < 1.29 is 9.90 Å². The lowest BCUT2D eigenvalue weighted by Gasteiger charge is -2.25. The molecule has 1 saturated heterocycles. The zero-order valence-electron chi connectivity index (χ0n) is 13.4. The van der Waals surface area contributed by atoms with Gasteiger partial charge in [0.15, 0.2) is 0 Å². The highest BCUT2D eigenvalue weighted by Gasteiger charge is 2.23. The fourth-order valence-corrected chi connectivity index (χ4v) is 3.42. The van der Waals surface area contributed by atoms with Gasteiger partial charge in [0.2, 0.25) is 0 Å². The standard InChI is InChI=1S/C17H26N2O2/c1-4-6-14-7-5-9-19(10-8-14)15-11-12(2)18-13(3)16(15)17(20)21/h11,14H,4-10H2,1-3H3,(H,20,21). The van der Waals surface area contributed by atoms with Crippen molar-refractivity contribution in [3.05, 3.63) is 23.0 Å². The largest absolute Gasteiger partial charge is 0.478 e. The zero-order chi connectivity index (χ0) is 15.4. The van der Waals surface area contributed by atoms with Crippen LogP contribution in [0.1, 0.15) is 60.8 Å². The number of rotatable bonds is 4. The number of hydrogen-bond acceptors (Lipinski definition) is 3. The zero-order valence-corrected chi connectivity index (χ0v) is 13.4. The Morgan fingerprint density at radius 1 is 1.38 bits per heavy atom. The predicted octanol–water partition coefficient (Wildman–Crippen LogP) is 3.80. The molecule has 0 radical (unpaired) electrons. The first-order chi connectivity index (χ1) is 10.0. The van der Waals surface area contributed by atoms with Crippen LogP contribution in [0.15, 0.2) is 6.07 Å². The van der Waals surface area contributed by atoms with E-state index in [2.05, 4.69) is 16.8 Å². The first-order valence-corrected chi connectivity index (χ1v) is 7.99. The Morgan fingerprint density at radius 2 is 2.14 bits per heavy atom. The summed E-state index contributed by atoms with van der Waals surface area (Å²) >= 11 is 0. The number of aromatic carboxylic acids is 1. The Balaban J connectivity index is 2.27. The number of carboxylic acids is 1. The second-order valence-electron chi connectivity index (χ2n) is 6.12. The van der Waals surface area contributed by atoms with Crippen LogP contribution in [0.3, 0.4) is 0 Å². The van der Waals surface area contributed by atoms with Gasteiger partial charge in [-0.3, -0.25) is 4.98 Å². The van der Waals surface area contributed by atoms with Crippen molar-refractivity contribution in [1.29, 1.82) is 0 Å². The SMILES string of the molecule is CCCC1CCCN(c2cc(C)nc(C)c2C(=O)O)CC1. The molecule has 4 heteroatoms. The lowest BCUT2D eigenvalue weighted by molar-refractivity contribution is 0.0696. The van der Waals surface area contributed by atoms with E-state index in [4.69, 9.17) is 0 Å². The molecule has 1 unspecified atom stereocenters. The molecule has 2 heterocycles. The molecule has 21 heavy (non-hydrogen) atoms. The molecule has 0 aromatic carbocycles. The van der Waals surface area contributed by atoms with Crippen LogP contribution in [-0.2, 0) is 0 Å². The van der Waals surface area contributed by atoms with Gasteiger partial charge in [-0.15, -0.1) is 0 Å². The van der Waals surface area contributed by atoms with Gasteiger partial charge in [0.25, 0.3) is 0 Å². The molecular formula is C17H26N2O2. The van der Waals surface area contributed by atoms with E-state index in [1.807, 2.05) is 13.0 Å². The number of aromatic nitrogens is 1. The number of carboxylic acid groups (broad SMARTS) is 1. The first-order valence-electron chi connectivity index (χ1n) is 7.99. The topological polar surface area (TPSA) is 53.4 Å². The molecule has 1 aromatic heterocycles. The number of anilines is 1. The van der Waals surface area contributed by atoms with Crippen LogP contribution in [0.2, 0.25) is 0 Å². The van der Waals surface area contributed by atoms with E-state index in [0.29, 0.717) is 11.3 Å². The van der Waals surface area contributed by atoms with Crippen LogP contribution >= 0.6 is 0 Å². The molecule has 0 spiro atoms. The normalized spacial score (nSPS) is 19.4. The number of aryl methyl sites for hydroxylation is 2. The molecule has 1 aliphatic heterocycles. The van der Waals surface area contributed by atoms with Crippen molar-refractivity contribution >= 4 is 11.7 Å². The third-order valence-electron chi connectivity index (χ3n) is 4.41. The van der Waals surface area contributed by atoms with Crippen molar-refractivity contribution in [3.63, 3.8) is 0 Å². The summed E-state index contributed by atoms with van der Waals surface area (Å²) < 4.78 is 0. The average molecular weight is 290 g/mol. The highest BCUT2D eigenvalue weighted by Crippen LogP contribution is 2.29. The maximum atomic E-state index is 11.6. The van der Waals surface area contributed by atoms with Gasteiger partial charge in [-0.1, -0.05) is 19.8 Å². The van der Waals surface area contributed by atoms with Crippen molar-refractivity contribution in [2.24, 2.45) is 5.92 Å². The van der Waals surface area contributed by atoms with Gasteiger partial charge in [-0.05, 0) is 45.1 Å². The summed E-state index contributed by atoms with van der Waals surface area (Å²) in [5.74, 6) is -0.0818. The number of hydrogen-bond donors (Lipinski definition) is 1. The molecule has 4 nitrogen and oxygen atoms in total. The fraction of sp³-hybridized carbons (Fsp3) is 0.647. The maximum absolute atomic E-state index is 11.6. The second kappa shape index (κ2) is 6.92. The monoisotopic (exact) mass is 290 g/mol. The molecule has 0 amide bonds. The second-order valence-corrected chi connectivity index (χ2v) is 6.12. The molecular weight excluding hydrogens is 264 g/mol. The Labute approximate surface area is 127 Å². The Hall–Kier alpha value is -1.58. The average Bonchev–Trinajstić information content (AvgIpc) is 2.63. The lowest BCUT2D eigenvalue weighted by Crippen LogP contribution is -2.27. The summed E-state index contributed by atoms with van der Waals surface area (Å²) in [5.41, 5.74) is 2.73. The Morgan fingerprint density at radius 3 is 2.81 bits per heavy atom. The molecule has 0 aliphatic carbocycles. The first kappa shape index (κ1) is 15.8. The summed E-state index contributed by atoms with van der Waals surface area (Å²) in [5, 5.41) is 9.51. The van der Waals surface area contributed by atoms with Crippen LogP contribution in [0.5, 0.6) is 0 Å². The molecule has 0 saturated carbocycles. The van der Waals surface area contributed by atoms with E-state index in [1.54, 1.807) is 6.92 Å². The van der Waals surface area contributed by atoms with E-state index in [1.165, 1.54) is 19.3 Å². The van der Waals surface area contributed by atoms with E-state index in [-0.39, 0.29) is 0 Å². The third kappa shape index (κ3) is 3.74. The van der Waals surface area contributed by atoms with Crippen LogP contribution in [0.4, 0.5) is 5.69 Å². The van der Waals surface area contributed by atoms with Crippen molar-refractivity contribution in [3.8, 4) is 0 Å². The molecule has 0 bridgehead atoms. The van der Waals surface area contributed by atoms with Gasteiger partial charge < -0.3 is 10.0 Å². The van der Waals surface area contributed by atoms with Gasteiger partial charge in [0.1, 0.15) is 5.56 Å². The van der Waals surface area contributed by atoms with Gasteiger partial charge in [-0.25, -0.2) is 4.79 Å². The van der Waals surface area contributed by atoms with Crippen molar-refractivity contribution in [1.82, 2.24) is 4.98 Å². The van der Waals surface area contributed by atoms with E-state index in [9.17, 15) is 9.90 Å². The van der Waals surface area contributed by atoms with Crippen LogP contribution in [-0.4, -0.2) is 29.1 Å². The smallest absolute Gasteiger partial charge is 0.339 e. The molecule has 1 aliphatic rings. The van der Waals surface area contributed by atoms with Crippen LogP contribution in [0.25, 0.3) is 0 Å². The highest BCUT2D eigenvalue weighted by atomic mass is 16.4. The van der Waals surface area contributed by atoms with Gasteiger partial charge in [0.05, 0.1) is 11.4 Å². The molecule has 116 valence electrons. The molecule has 1 fully saturated rings. The number of carbonyl (C=O) groups is 1. The van der Waals surface area contributed by atoms with Gasteiger partial charge >= 0.3 is 5.97 Å². The Kier molecular flexibility index (Phi) is 5.21. The molecule has 1 atom stereocenters. The minimum Gasteiger partial charge on any atom is -0.478 e. The maximum Gasteiger partial charge on any atom is 0.339 e. The molecule has 1 N–H and O–H groups in total. The minimum absolute atomic E-state index is 0.370. The lowest BCUT2D eigenvalue weighted by atomic mass is 9.96. The predicted molar refractivity (Wildman–Crippen MR) is 85.1 cm³/mol. The quantitative estimate of drug-likeness (QED) is 0.916. The van der Waals surface area contributed by atoms with E-state index >= 15 is 0 Å². The summed E-state index contributed by atoms with van der Waals surface area (Å²) in [6, 6.07) is 1.93. The van der Waals surface area contributed by atoms with Crippen LogP contribution < -0.4 is 4.90 Å². The van der Waals surface area contributed by atoms with Crippen molar-refractivity contribution in [2.75, 3.05) is 18.0 Å². The molecule has 2 rings (SSSR count). The van der Waals surface area contributed by atoms with Crippen LogP contribution in [0, 0.1) is 19.8 Å². The van der Waals surface area contributed by atoms with Gasteiger partial charge in [0, 0.05) is 18.8 Å². The number of pyridine rings is 1. The third-order valence-corrected chi connectivity index (χ3v) is 4.41. The molecule has 1 aromatic rings. The van der Waals surface area contributed by atoms with Crippen molar-refractivity contribution in [2.45, 2.75) is 52.9 Å². The van der Waals surface area contributed by atoms with E-state index < -0.39 is 5.97 Å². The van der Waals surface area contributed by atoms with E-state index in [0.717, 1.165) is 43.2 Å². The summed E-state index contributed by atoms with van der Waals surface area (Å²) in [6.07, 6.45) is 6.08. The highest BCUT2D eigenvalue weighted by molar-refractivity contribution is 5.95. The fourth-order valence-electron chi connectivity index (χ4n) is 3.42.